The largest absolute Gasteiger partial charge is 0.496 e. The molecule has 1 amide bonds. The number of amides is 1. The van der Waals surface area contributed by atoms with Crippen LogP contribution in [0.25, 0.3) is 11.3 Å². The number of halogens is 1. The monoisotopic (exact) mass is 498 g/mol. The van der Waals surface area contributed by atoms with Crippen LogP contribution in [0.4, 0.5) is 14.9 Å². The molecule has 1 aliphatic carbocycles. The highest BCUT2D eigenvalue weighted by molar-refractivity contribution is 5.76. The fraction of sp³-hybridized carbons (Fsp3) is 0.556. The lowest BCUT2D eigenvalue weighted by atomic mass is 9.78. The number of aliphatic hydroxyl groups excluding tert-OH is 1. The zero-order valence-electron chi connectivity index (χ0n) is 21.1. The molecule has 2 aliphatic heterocycles. The van der Waals surface area contributed by atoms with Gasteiger partial charge in [0, 0.05) is 67.9 Å². The second-order valence-electron chi connectivity index (χ2n) is 10.2. The van der Waals surface area contributed by atoms with E-state index in [1.807, 2.05) is 30.0 Å². The third-order valence-electron chi connectivity index (χ3n) is 7.98. The van der Waals surface area contributed by atoms with E-state index in [9.17, 15) is 14.3 Å². The first-order valence-electron chi connectivity index (χ1n) is 12.8. The van der Waals surface area contributed by atoms with Crippen LogP contribution in [-0.4, -0.2) is 85.0 Å². The van der Waals surface area contributed by atoms with Gasteiger partial charge in [0.25, 0.3) is 0 Å². The van der Waals surface area contributed by atoms with Gasteiger partial charge in [0.15, 0.2) is 0 Å². The third kappa shape index (κ3) is 4.74. The van der Waals surface area contributed by atoms with Gasteiger partial charge in [-0.1, -0.05) is 0 Å². The Balaban J connectivity index is 1.24. The molecule has 0 bridgehead atoms. The van der Waals surface area contributed by atoms with E-state index >= 15 is 0 Å². The van der Waals surface area contributed by atoms with Gasteiger partial charge in [-0.15, -0.1) is 0 Å². The van der Waals surface area contributed by atoms with E-state index in [0.29, 0.717) is 29.7 Å². The van der Waals surface area contributed by atoms with Crippen molar-refractivity contribution in [2.75, 3.05) is 57.9 Å². The quantitative estimate of drug-likeness (QED) is 0.653. The summed E-state index contributed by atoms with van der Waals surface area (Å²) in [5.74, 6) is 0.255. The van der Waals surface area contributed by atoms with Crippen LogP contribution >= 0.6 is 0 Å². The number of aliphatic hydroxyl groups is 1. The molecule has 1 N–H and O–H groups in total. The number of carbonyl (C=O) groups is 1. The number of hydrogen-bond acceptors (Lipinski definition) is 7. The lowest BCUT2D eigenvalue weighted by Crippen LogP contribution is -2.58. The maximum Gasteiger partial charge on any atom is 0.409 e. The predicted octanol–water partition coefficient (Wildman–Crippen LogP) is 3.52. The number of hydrogen-bond donors (Lipinski definition) is 1. The molecule has 3 fully saturated rings. The molecule has 3 heterocycles. The summed E-state index contributed by atoms with van der Waals surface area (Å²) in [5, 5.41) is 9.74. The fourth-order valence-corrected chi connectivity index (χ4v) is 6.15. The summed E-state index contributed by atoms with van der Waals surface area (Å²) in [4.78, 5) is 23.0. The van der Waals surface area contributed by atoms with E-state index < -0.39 is 0 Å². The molecule has 1 saturated carbocycles. The number of ether oxygens (including phenoxy) is 2. The van der Waals surface area contributed by atoms with Crippen molar-refractivity contribution in [3.63, 3.8) is 0 Å². The Morgan fingerprint density at radius 2 is 2.00 bits per heavy atom. The molecular weight excluding hydrogens is 463 g/mol. The summed E-state index contributed by atoms with van der Waals surface area (Å²) in [6.07, 6.45) is 4.47. The Morgan fingerprint density at radius 3 is 2.69 bits per heavy atom. The topological polar surface area (TPSA) is 78.4 Å². The Labute approximate surface area is 211 Å². The van der Waals surface area contributed by atoms with Gasteiger partial charge in [0.05, 0.1) is 37.9 Å². The maximum absolute atomic E-state index is 14.3. The SMILES string of the molecule is CCOC(=O)N1CC2(CC[C@@H](N3CCN(c4cc(F)cnc4-c4ccc(OC)c(CO)c4)CC3)C2)C1. The third-order valence-corrected chi connectivity index (χ3v) is 7.98. The van der Waals surface area contributed by atoms with Crippen molar-refractivity contribution in [3.8, 4) is 17.0 Å². The van der Waals surface area contributed by atoms with Crippen molar-refractivity contribution in [1.82, 2.24) is 14.8 Å². The Hall–Kier alpha value is -2.91. The molecule has 9 heteroatoms. The zero-order valence-corrected chi connectivity index (χ0v) is 21.1. The van der Waals surface area contributed by atoms with Crippen molar-refractivity contribution >= 4 is 11.8 Å². The van der Waals surface area contributed by atoms with Crippen LogP contribution in [0, 0.1) is 11.2 Å². The molecule has 2 saturated heterocycles. The highest BCUT2D eigenvalue weighted by Crippen LogP contribution is 2.47. The van der Waals surface area contributed by atoms with Gasteiger partial charge in [0.1, 0.15) is 11.6 Å². The minimum absolute atomic E-state index is 0.146. The number of carbonyl (C=O) groups excluding carboxylic acids is 1. The Kier molecular flexibility index (Phi) is 7.03. The number of rotatable bonds is 6. The fourth-order valence-electron chi connectivity index (χ4n) is 6.15. The first kappa shape index (κ1) is 24.8. The van der Waals surface area contributed by atoms with E-state index in [1.165, 1.54) is 6.20 Å². The zero-order chi connectivity index (χ0) is 25.3. The van der Waals surface area contributed by atoms with Crippen LogP contribution in [0.2, 0.25) is 0 Å². The minimum atomic E-state index is -0.360. The van der Waals surface area contributed by atoms with Crippen molar-refractivity contribution < 1.29 is 23.8 Å². The second-order valence-corrected chi connectivity index (χ2v) is 10.2. The molecular formula is C27H35FN4O4. The number of anilines is 1. The normalized spacial score (nSPS) is 21.5. The maximum atomic E-state index is 14.3. The predicted molar refractivity (Wildman–Crippen MR) is 135 cm³/mol. The van der Waals surface area contributed by atoms with Gasteiger partial charge in [-0.2, -0.15) is 0 Å². The Bertz CT molecular complexity index is 1100. The van der Waals surface area contributed by atoms with Gasteiger partial charge in [-0.05, 0) is 44.4 Å². The lowest BCUT2D eigenvalue weighted by molar-refractivity contribution is -0.00294. The molecule has 5 rings (SSSR count). The van der Waals surface area contributed by atoms with Crippen LogP contribution in [-0.2, 0) is 11.3 Å². The van der Waals surface area contributed by atoms with Crippen LogP contribution < -0.4 is 9.64 Å². The van der Waals surface area contributed by atoms with E-state index in [4.69, 9.17) is 9.47 Å². The molecule has 3 aliphatic rings. The number of piperazine rings is 1. The van der Waals surface area contributed by atoms with Gasteiger partial charge in [-0.3, -0.25) is 9.88 Å². The van der Waals surface area contributed by atoms with E-state index in [0.717, 1.165) is 69.8 Å². The lowest BCUT2D eigenvalue weighted by Gasteiger charge is -2.48. The summed E-state index contributed by atoms with van der Waals surface area (Å²) < 4.78 is 24.7. The number of pyridine rings is 1. The molecule has 8 nitrogen and oxygen atoms in total. The summed E-state index contributed by atoms with van der Waals surface area (Å²) in [6.45, 7) is 7.11. The number of aromatic nitrogens is 1. The van der Waals surface area contributed by atoms with Gasteiger partial charge < -0.3 is 24.4 Å². The molecule has 1 atom stereocenters. The molecule has 36 heavy (non-hydrogen) atoms. The summed E-state index contributed by atoms with van der Waals surface area (Å²) in [6, 6.07) is 7.65. The molecule has 0 unspecified atom stereocenters. The first-order valence-corrected chi connectivity index (χ1v) is 12.8. The van der Waals surface area contributed by atoms with E-state index in [2.05, 4.69) is 14.8 Å². The molecule has 1 aromatic heterocycles. The van der Waals surface area contributed by atoms with Crippen molar-refractivity contribution in [1.29, 1.82) is 0 Å². The van der Waals surface area contributed by atoms with Crippen molar-refractivity contribution in [2.45, 2.75) is 38.8 Å². The van der Waals surface area contributed by atoms with Crippen LogP contribution in [0.15, 0.2) is 30.5 Å². The Morgan fingerprint density at radius 1 is 1.22 bits per heavy atom. The van der Waals surface area contributed by atoms with Crippen LogP contribution in [0.5, 0.6) is 5.75 Å². The second kappa shape index (κ2) is 10.2. The summed E-state index contributed by atoms with van der Waals surface area (Å²) in [5.41, 5.74) is 3.22. The molecule has 194 valence electrons. The molecule has 2 aromatic rings. The van der Waals surface area contributed by atoms with Gasteiger partial charge >= 0.3 is 6.09 Å². The van der Waals surface area contributed by atoms with Crippen molar-refractivity contribution in [3.05, 3.63) is 41.8 Å². The smallest absolute Gasteiger partial charge is 0.409 e. The number of likely N-dealkylation sites (tertiary alicyclic amines) is 1. The van der Waals surface area contributed by atoms with Crippen molar-refractivity contribution in [2.24, 2.45) is 5.41 Å². The molecule has 0 radical (unpaired) electrons. The van der Waals surface area contributed by atoms with Gasteiger partial charge in [-0.25, -0.2) is 9.18 Å². The number of benzene rings is 1. The van der Waals surface area contributed by atoms with Gasteiger partial charge in [0.2, 0.25) is 0 Å². The van der Waals surface area contributed by atoms with E-state index in [-0.39, 0.29) is 23.9 Å². The number of nitrogens with zero attached hydrogens (tertiary/aromatic N) is 4. The molecule has 1 aromatic carbocycles. The van der Waals surface area contributed by atoms with Crippen LogP contribution in [0.1, 0.15) is 31.7 Å². The molecule has 1 spiro atoms. The average molecular weight is 499 g/mol. The highest BCUT2D eigenvalue weighted by Gasteiger charge is 2.51. The summed E-state index contributed by atoms with van der Waals surface area (Å²) in [7, 11) is 1.57. The van der Waals surface area contributed by atoms with E-state index in [1.54, 1.807) is 13.2 Å². The average Bonchev–Trinajstić information content (AvgIpc) is 3.34. The highest BCUT2D eigenvalue weighted by atomic mass is 19.1. The summed E-state index contributed by atoms with van der Waals surface area (Å²) >= 11 is 0. The van der Waals surface area contributed by atoms with Crippen LogP contribution in [0.3, 0.4) is 0 Å². The number of methoxy groups -OCH3 is 1. The first-order chi connectivity index (χ1) is 17.4. The standard InChI is InChI=1S/C27H35FN4O4/c1-3-36-26(34)32-17-27(18-32)7-6-22(14-27)30-8-10-31(11-9-30)23-13-21(28)15-29-25(23)19-4-5-24(35-2)20(12-19)16-33/h4-5,12-13,15,22,33H,3,6-11,14,16-18H2,1-2H3/t22-/m1/s1. The minimum Gasteiger partial charge on any atom is -0.496 e.